The predicted molar refractivity (Wildman–Crippen MR) is 183 cm³/mol. The van der Waals surface area contributed by atoms with Crippen LogP contribution >= 0.6 is 8.60 Å². The largest absolute Gasteiger partial charge is 0.530 e. The molecule has 6 aromatic carbocycles. The van der Waals surface area contributed by atoms with Crippen LogP contribution in [0.15, 0.2) is 109 Å². The topological polar surface area (TPSA) is 27.7 Å². The SMILES string of the molecule is CC(C)c1cc2ccccc2cc1OP(Oc1cc2ccccc2cc1C(C)C)Oc1cc2ccccc2cc1C(C)C. The van der Waals surface area contributed by atoms with Gasteiger partial charge >= 0.3 is 8.60 Å². The van der Waals surface area contributed by atoms with Crippen molar-refractivity contribution in [2.45, 2.75) is 59.3 Å². The smallest absolute Gasteiger partial charge is 0.408 e. The first-order chi connectivity index (χ1) is 20.8. The van der Waals surface area contributed by atoms with Crippen molar-refractivity contribution in [3.63, 3.8) is 0 Å². The van der Waals surface area contributed by atoms with Crippen LogP contribution in [0, 0.1) is 0 Å². The molecule has 43 heavy (non-hydrogen) atoms. The van der Waals surface area contributed by atoms with E-state index in [4.69, 9.17) is 13.6 Å². The van der Waals surface area contributed by atoms with Crippen LogP contribution in [0.5, 0.6) is 17.2 Å². The zero-order valence-electron chi connectivity index (χ0n) is 25.8. The van der Waals surface area contributed by atoms with E-state index in [0.717, 1.165) is 50.1 Å². The molecule has 0 aliphatic heterocycles. The fourth-order valence-electron chi connectivity index (χ4n) is 5.60. The molecule has 0 unspecified atom stereocenters. The summed E-state index contributed by atoms with van der Waals surface area (Å²) in [5.41, 5.74) is 3.38. The van der Waals surface area contributed by atoms with Crippen LogP contribution in [0.4, 0.5) is 0 Å². The molecular weight excluding hydrogens is 547 g/mol. The summed E-state index contributed by atoms with van der Waals surface area (Å²) < 4.78 is 20.5. The Hall–Kier alpha value is -4.07. The van der Waals surface area contributed by atoms with Gasteiger partial charge in [-0.05, 0) is 103 Å². The second kappa shape index (κ2) is 12.3. The van der Waals surface area contributed by atoms with E-state index in [-0.39, 0.29) is 17.8 Å². The minimum Gasteiger partial charge on any atom is -0.408 e. The molecule has 0 spiro atoms. The van der Waals surface area contributed by atoms with E-state index in [0.29, 0.717) is 0 Å². The van der Waals surface area contributed by atoms with Gasteiger partial charge in [0.25, 0.3) is 0 Å². The van der Waals surface area contributed by atoms with Crippen molar-refractivity contribution in [1.29, 1.82) is 0 Å². The zero-order chi connectivity index (χ0) is 30.1. The molecule has 0 radical (unpaired) electrons. The monoisotopic (exact) mass is 586 g/mol. The van der Waals surface area contributed by atoms with Crippen LogP contribution in [0.3, 0.4) is 0 Å². The highest BCUT2D eigenvalue weighted by atomic mass is 31.2. The van der Waals surface area contributed by atoms with Gasteiger partial charge in [0.2, 0.25) is 0 Å². The zero-order valence-corrected chi connectivity index (χ0v) is 26.7. The third-order valence-corrected chi connectivity index (χ3v) is 9.06. The lowest BCUT2D eigenvalue weighted by molar-refractivity contribution is 0.382. The molecule has 0 atom stereocenters. The van der Waals surface area contributed by atoms with Gasteiger partial charge < -0.3 is 13.6 Å². The molecule has 0 N–H and O–H groups in total. The van der Waals surface area contributed by atoms with Gasteiger partial charge in [-0.2, -0.15) is 0 Å². The Morgan fingerprint density at radius 2 is 0.605 bits per heavy atom. The summed E-state index contributed by atoms with van der Waals surface area (Å²) in [6, 6.07) is 38.3. The number of benzene rings is 6. The maximum atomic E-state index is 6.84. The molecule has 0 aliphatic carbocycles. The highest BCUT2D eigenvalue weighted by Gasteiger charge is 2.26. The Morgan fingerprint density at radius 3 is 0.837 bits per heavy atom. The lowest BCUT2D eigenvalue weighted by Gasteiger charge is -2.24. The number of hydrogen-bond donors (Lipinski definition) is 0. The fraction of sp³-hybridized carbons (Fsp3) is 0.231. The Kier molecular flexibility index (Phi) is 8.28. The minimum atomic E-state index is -1.88. The van der Waals surface area contributed by atoms with Crippen LogP contribution < -0.4 is 13.6 Å². The molecular formula is C39H39O3P. The molecule has 0 aromatic heterocycles. The van der Waals surface area contributed by atoms with Crippen LogP contribution in [-0.2, 0) is 0 Å². The van der Waals surface area contributed by atoms with Crippen molar-refractivity contribution < 1.29 is 13.6 Å². The van der Waals surface area contributed by atoms with Crippen molar-refractivity contribution in [3.8, 4) is 17.2 Å². The summed E-state index contributed by atoms with van der Waals surface area (Å²) in [4.78, 5) is 0. The summed E-state index contributed by atoms with van der Waals surface area (Å²) in [5, 5.41) is 6.95. The van der Waals surface area contributed by atoms with E-state index in [1.807, 2.05) is 0 Å². The third-order valence-electron chi connectivity index (χ3n) is 8.02. The highest BCUT2D eigenvalue weighted by Crippen LogP contribution is 2.49. The van der Waals surface area contributed by atoms with Gasteiger partial charge in [-0.3, -0.25) is 0 Å². The Bertz CT molecular complexity index is 1690. The highest BCUT2D eigenvalue weighted by molar-refractivity contribution is 7.43. The molecule has 0 heterocycles. The van der Waals surface area contributed by atoms with Crippen LogP contribution in [0.2, 0.25) is 0 Å². The van der Waals surface area contributed by atoms with E-state index < -0.39 is 8.60 Å². The first-order valence-electron chi connectivity index (χ1n) is 15.2. The van der Waals surface area contributed by atoms with Crippen molar-refractivity contribution in [2.75, 3.05) is 0 Å². The molecule has 4 heteroatoms. The second-order valence-electron chi connectivity index (χ2n) is 12.2. The van der Waals surface area contributed by atoms with Crippen molar-refractivity contribution in [3.05, 3.63) is 126 Å². The summed E-state index contributed by atoms with van der Waals surface area (Å²) in [6.07, 6.45) is 0. The molecule has 0 saturated carbocycles. The molecule has 3 nitrogen and oxygen atoms in total. The predicted octanol–water partition coefficient (Wildman–Crippen LogP) is 12.3. The minimum absolute atomic E-state index is 0.259. The lowest BCUT2D eigenvalue weighted by atomic mass is 9.98. The van der Waals surface area contributed by atoms with Gasteiger partial charge in [0.15, 0.2) is 0 Å². The summed E-state index contributed by atoms with van der Waals surface area (Å²) in [6.45, 7) is 13.2. The van der Waals surface area contributed by atoms with Gasteiger partial charge in [-0.15, -0.1) is 0 Å². The summed E-state index contributed by atoms with van der Waals surface area (Å²) in [5.74, 6) is 3.15. The van der Waals surface area contributed by atoms with Gasteiger partial charge in [0.05, 0.1) is 0 Å². The van der Waals surface area contributed by atoms with Gasteiger partial charge in [-0.1, -0.05) is 114 Å². The van der Waals surface area contributed by atoms with Gasteiger partial charge in [-0.25, -0.2) is 0 Å². The average molecular weight is 587 g/mol. The Balaban J connectivity index is 1.48. The molecule has 0 bridgehead atoms. The van der Waals surface area contributed by atoms with Gasteiger partial charge in [0.1, 0.15) is 17.2 Å². The normalized spacial score (nSPS) is 11.9. The van der Waals surface area contributed by atoms with Crippen LogP contribution in [-0.4, -0.2) is 0 Å². The fourth-order valence-corrected chi connectivity index (χ4v) is 6.67. The van der Waals surface area contributed by atoms with Crippen molar-refractivity contribution >= 4 is 40.9 Å². The number of fused-ring (bicyclic) bond motifs is 3. The second-order valence-corrected chi connectivity index (χ2v) is 13.2. The summed E-state index contributed by atoms with van der Waals surface area (Å²) >= 11 is 0. The Labute approximate surface area is 256 Å². The lowest BCUT2D eigenvalue weighted by Crippen LogP contribution is -2.07. The van der Waals surface area contributed by atoms with Crippen molar-refractivity contribution in [1.82, 2.24) is 0 Å². The number of hydrogen-bond acceptors (Lipinski definition) is 3. The maximum absolute atomic E-state index is 6.84. The molecule has 0 aliphatic rings. The third kappa shape index (κ3) is 6.19. The Morgan fingerprint density at radius 1 is 0.372 bits per heavy atom. The molecule has 218 valence electrons. The maximum Gasteiger partial charge on any atom is 0.530 e. The molecule has 0 amide bonds. The van der Waals surface area contributed by atoms with E-state index in [1.165, 1.54) is 16.2 Å². The molecule has 0 fully saturated rings. The summed E-state index contributed by atoms with van der Waals surface area (Å²) in [7, 11) is -1.88. The first-order valence-corrected chi connectivity index (χ1v) is 16.3. The van der Waals surface area contributed by atoms with Gasteiger partial charge in [0, 0.05) is 0 Å². The molecule has 6 rings (SSSR count). The van der Waals surface area contributed by atoms with E-state index >= 15 is 0 Å². The van der Waals surface area contributed by atoms with Crippen LogP contribution in [0.25, 0.3) is 32.3 Å². The molecule has 0 saturated heterocycles. The quantitative estimate of drug-likeness (QED) is 0.158. The van der Waals surface area contributed by atoms with E-state index in [2.05, 4.69) is 151 Å². The van der Waals surface area contributed by atoms with Crippen LogP contribution in [0.1, 0.15) is 76.0 Å². The van der Waals surface area contributed by atoms with Crippen molar-refractivity contribution in [2.24, 2.45) is 0 Å². The van der Waals surface area contributed by atoms with E-state index in [1.54, 1.807) is 0 Å². The van der Waals surface area contributed by atoms with E-state index in [9.17, 15) is 0 Å². The average Bonchev–Trinajstić information content (AvgIpc) is 2.99. The number of rotatable bonds is 9. The standard InChI is InChI=1S/C39H39O3P/c1-25(2)34-19-28-13-7-10-16-31(28)22-37(34)40-43(41-38-23-32-17-11-8-14-29(32)20-35(38)26(3)4)42-39-24-33-18-12-9-15-30(33)21-36(39)27(5)6/h7-27H,1-6H3. The molecule has 6 aromatic rings. The first kappa shape index (κ1) is 29.0.